The second kappa shape index (κ2) is 10.5. The van der Waals surface area contributed by atoms with Crippen LogP contribution in [0.15, 0.2) is 29.3 Å². The summed E-state index contributed by atoms with van der Waals surface area (Å²) in [5.74, 6) is 1.39. The molecule has 1 heterocycles. The van der Waals surface area contributed by atoms with E-state index in [1.165, 1.54) is 6.92 Å². The van der Waals surface area contributed by atoms with Crippen LogP contribution in [0.2, 0.25) is 0 Å². The molecular formula is C20H31N5O2. The van der Waals surface area contributed by atoms with Crippen LogP contribution < -0.4 is 16.0 Å². The Kier molecular flexibility index (Phi) is 8.10. The van der Waals surface area contributed by atoms with Gasteiger partial charge in [0.15, 0.2) is 5.96 Å². The molecule has 0 unspecified atom stereocenters. The zero-order chi connectivity index (χ0) is 19.6. The normalized spacial score (nSPS) is 15.4. The van der Waals surface area contributed by atoms with Crippen molar-refractivity contribution in [3.63, 3.8) is 0 Å². The van der Waals surface area contributed by atoms with E-state index in [-0.39, 0.29) is 11.8 Å². The molecule has 0 aliphatic carbocycles. The van der Waals surface area contributed by atoms with Crippen LogP contribution in [0.25, 0.3) is 0 Å². The summed E-state index contributed by atoms with van der Waals surface area (Å²) in [6, 6.07) is 7.75. The summed E-state index contributed by atoms with van der Waals surface area (Å²) in [6.45, 7) is 6.73. The molecule has 7 nitrogen and oxygen atoms in total. The number of aliphatic imine (C=N–C) groups is 1. The average Bonchev–Trinajstić information content (AvgIpc) is 2.65. The fraction of sp³-hybridized carbons (Fsp3) is 0.550. The number of piperidine rings is 1. The molecule has 1 aromatic rings. The molecular weight excluding hydrogens is 342 g/mol. The number of hydrogen-bond acceptors (Lipinski definition) is 3. The smallest absolute Gasteiger partial charge is 0.221 e. The van der Waals surface area contributed by atoms with Gasteiger partial charge in [-0.25, -0.2) is 4.99 Å². The van der Waals surface area contributed by atoms with Crippen molar-refractivity contribution in [2.45, 2.75) is 39.7 Å². The van der Waals surface area contributed by atoms with Crippen molar-refractivity contribution in [3.05, 3.63) is 29.8 Å². The minimum Gasteiger partial charge on any atom is -0.359 e. The maximum absolute atomic E-state index is 11.6. The monoisotopic (exact) mass is 373 g/mol. The summed E-state index contributed by atoms with van der Waals surface area (Å²) in [5, 5.41) is 8.87. The minimum atomic E-state index is -0.0800. The van der Waals surface area contributed by atoms with E-state index in [2.05, 4.69) is 27.8 Å². The van der Waals surface area contributed by atoms with Crippen LogP contribution in [0, 0.1) is 5.92 Å². The van der Waals surface area contributed by atoms with Crippen molar-refractivity contribution < 1.29 is 9.59 Å². The summed E-state index contributed by atoms with van der Waals surface area (Å²) in [7, 11) is 1.69. The summed E-state index contributed by atoms with van der Waals surface area (Å²) < 4.78 is 0. The largest absolute Gasteiger partial charge is 0.359 e. The molecule has 1 aliphatic rings. The Labute approximate surface area is 161 Å². The lowest BCUT2D eigenvalue weighted by Crippen LogP contribution is -2.46. The van der Waals surface area contributed by atoms with Crippen LogP contribution in [-0.4, -0.2) is 49.4 Å². The molecule has 0 saturated carbocycles. The number of likely N-dealkylation sites (tertiary alicyclic amines) is 1. The molecule has 0 aromatic heterocycles. The fourth-order valence-electron chi connectivity index (χ4n) is 3.26. The van der Waals surface area contributed by atoms with Gasteiger partial charge in [0, 0.05) is 45.7 Å². The molecule has 2 rings (SSSR count). The van der Waals surface area contributed by atoms with Crippen LogP contribution in [-0.2, 0) is 16.1 Å². The summed E-state index contributed by atoms with van der Waals surface area (Å²) in [4.78, 5) is 29.8. The number of anilines is 1. The molecule has 3 N–H and O–H groups in total. The van der Waals surface area contributed by atoms with Gasteiger partial charge in [-0.1, -0.05) is 12.1 Å². The Hall–Kier alpha value is -2.57. The van der Waals surface area contributed by atoms with Crippen molar-refractivity contribution >= 4 is 23.5 Å². The number of amides is 2. The minimum absolute atomic E-state index is 0.0800. The lowest BCUT2D eigenvalue weighted by Gasteiger charge is -2.34. The Morgan fingerprint density at radius 2 is 2.00 bits per heavy atom. The highest BCUT2D eigenvalue weighted by atomic mass is 16.2. The van der Waals surface area contributed by atoms with Gasteiger partial charge in [0.2, 0.25) is 11.8 Å². The second-order valence-electron chi connectivity index (χ2n) is 6.86. The summed E-state index contributed by atoms with van der Waals surface area (Å²) in [6.07, 6.45) is 2.60. The highest BCUT2D eigenvalue weighted by Gasteiger charge is 2.23. The second-order valence-corrected chi connectivity index (χ2v) is 6.86. The lowest BCUT2D eigenvalue weighted by molar-refractivity contribution is -0.121. The van der Waals surface area contributed by atoms with Crippen molar-refractivity contribution in [2.75, 3.05) is 32.0 Å². The van der Waals surface area contributed by atoms with E-state index in [0.717, 1.165) is 49.7 Å². The summed E-state index contributed by atoms with van der Waals surface area (Å²) >= 11 is 0. The first kappa shape index (κ1) is 20.7. The highest BCUT2D eigenvalue weighted by molar-refractivity contribution is 5.88. The van der Waals surface area contributed by atoms with Gasteiger partial charge in [-0.05, 0) is 43.4 Å². The molecule has 0 atom stereocenters. The van der Waals surface area contributed by atoms with Gasteiger partial charge in [0.1, 0.15) is 0 Å². The quantitative estimate of drug-likeness (QED) is 0.526. The molecule has 0 spiro atoms. The van der Waals surface area contributed by atoms with E-state index in [0.29, 0.717) is 18.9 Å². The zero-order valence-corrected chi connectivity index (χ0v) is 16.5. The van der Waals surface area contributed by atoms with Crippen molar-refractivity contribution in [1.82, 2.24) is 15.5 Å². The first-order valence-corrected chi connectivity index (χ1v) is 9.62. The third kappa shape index (κ3) is 6.92. The maximum atomic E-state index is 11.6. The van der Waals surface area contributed by atoms with Crippen LogP contribution in [0.3, 0.4) is 0 Å². The Balaban J connectivity index is 1.96. The number of carbonyl (C=O) groups is 2. The molecule has 148 valence electrons. The number of guanidine groups is 1. The molecule has 0 radical (unpaired) electrons. The number of rotatable bonds is 6. The van der Waals surface area contributed by atoms with Crippen LogP contribution >= 0.6 is 0 Å². The van der Waals surface area contributed by atoms with E-state index in [1.54, 1.807) is 7.05 Å². The lowest BCUT2D eigenvalue weighted by atomic mass is 9.93. The van der Waals surface area contributed by atoms with Gasteiger partial charge in [0.05, 0.1) is 6.54 Å². The molecule has 7 heteroatoms. The number of nitrogens with one attached hydrogen (secondary N) is 3. The first-order chi connectivity index (χ1) is 13.0. The number of benzene rings is 1. The Bertz CT molecular complexity index is 666. The molecule has 1 aromatic carbocycles. The van der Waals surface area contributed by atoms with E-state index in [1.807, 2.05) is 24.3 Å². The Morgan fingerprint density at radius 3 is 2.63 bits per heavy atom. The summed E-state index contributed by atoms with van der Waals surface area (Å²) in [5.41, 5.74) is 1.83. The predicted octanol–water partition coefficient (Wildman–Crippen LogP) is 1.96. The predicted molar refractivity (Wildman–Crippen MR) is 109 cm³/mol. The van der Waals surface area contributed by atoms with Crippen LogP contribution in [0.1, 0.15) is 38.7 Å². The SMILES string of the molecule is CCNC(=NCc1cccc(NC(C)=O)c1)N1CCC(CC(=O)NC)CC1. The van der Waals surface area contributed by atoms with Gasteiger partial charge in [0.25, 0.3) is 0 Å². The molecule has 27 heavy (non-hydrogen) atoms. The van der Waals surface area contributed by atoms with Gasteiger partial charge < -0.3 is 20.9 Å². The number of carbonyl (C=O) groups excluding carboxylic acids is 2. The standard InChI is InChI=1S/C20H31N5O2/c1-4-22-20(25-10-8-16(9-11-25)13-19(27)21-3)23-14-17-6-5-7-18(12-17)24-15(2)26/h5-7,12,16H,4,8-11,13-14H2,1-3H3,(H,21,27)(H,22,23)(H,24,26). The molecule has 2 amide bonds. The van der Waals surface area contributed by atoms with Crippen molar-refractivity contribution in [2.24, 2.45) is 10.9 Å². The molecule has 1 saturated heterocycles. The van der Waals surface area contributed by atoms with Gasteiger partial charge in [-0.3, -0.25) is 9.59 Å². The Morgan fingerprint density at radius 1 is 1.26 bits per heavy atom. The number of hydrogen-bond donors (Lipinski definition) is 3. The van der Waals surface area contributed by atoms with Gasteiger partial charge in [-0.15, -0.1) is 0 Å². The maximum Gasteiger partial charge on any atom is 0.221 e. The van der Waals surface area contributed by atoms with Crippen molar-refractivity contribution in [1.29, 1.82) is 0 Å². The third-order valence-electron chi connectivity index (χ3n) is 4.66. The van der Waals surface area contributed by atoms with E-state index in [4.69, 9.17) is 4.99 Å². The van der Waals surface area contributed by atoms with Gasteiger partial charge >= 0.3 is 0 Å². The highest BCUT2D eigenvalue weighted by Crippen LogP contribution is 2.20. The third-order valence-corrected chi connectivity index (χ3v) is 4.66. The fourth-order valence-corrected chi connectivity index (χ4v) is 3.26. The van der Waals surface area contributed by atoms with E-state index < -0.39 is 0 Å². The van der Waals surface area contributed by atoms with Crippen LogP contribution in [0.5, 0.6) is 0 Å². The zero-order valence-electron chi connectivity index (χ0n) is 16.5. The van der Waals surface area contributed by atoms with E-state index in [9.17, 15) is 9.59 Å². The average molecular weight is 374 g/mol. The topological polar surface area (TPSA) is 85.8 Å². The van der Waals surface area contributed by atoms with Crippen molar-refractivity contribution in [3.8, 4) is 0 Å². The molecule has 0 bridgehead atoms. The molecule has 1 aliphatic heterocycles. The van der Waals surface area contributed by atoms with Crippen LogP contribution in [0.4, 0.5) is 5.69 Å². The first-order valence-electron chi connectivity index (χ1n) is 9.62. The van der Waals surface area contributed by atoms with E-state index >= 15 is 0 Å². The molecule has 1 fully saturated rings. The number of nitrogens with zero attached hydrogens (tertiary/aromatic N) is 2. The van der Waals surface area contributed by atoms with Gasteiger partial charge in [-0.2, -0.15) is 0 Å².